The van der Waals surface area contributed by atoms with E-state index in [0.29, 0.717) is 12.5 Å². The van der Waals surface area contributed by atoms with E-state index >= 15 is 0 Å². The summed E-state index contributed by atoms with van der Waals surface area (Å²) in [4.78, 5) is 5.32. The fourth-order valence-electron chi connectivity index (χ4n) is 4.34. The van der Waals surface area contributed by atoms with Gasteiger partial charge in [-0.1, -0.05) is 13.3 Å². The van der Waals surface area contributed by atoms with Crippen LogP contribution >= 0.6 is 0 Å². The molecule has 2 aliphatic heterocycles. The Balaban J connectivity index is 1.59. The van der Waals surface area contributed by atoms with Crippen LogP contribution in [0.3, 0.4) is 0 Å². The van der Waals surface area contributed by atoms with Gasteiger partial charge in [-0.15, -0.1) is 0 Å². The number of hydrogen-bond acceptors (Lipinski definition) is 4. The van der Waals surface area contributed by atoms with Crippen LogP contribution < -0.4 is 5.32 Å². The Morgan fingerprint density at radius 2 is 2.00 bits per heavy atom. The number of nitrogens with one attached hydrogen (secondary N) is 1. The molecule has 21 heavy (non-hydrogen) atoms. The Bertz CT molecular complexity index is 334. The van der Waals surface area contributed by atoms with Crippen LogP contribution in [0.4, 0.5) is 0 Å². The van der Waals surface area contributed by atoms with Crippen molar-refractivity contribution in [3.63, 3.8) is 0 Å². The molecule has 3 aliphatic rings. The smallest absolute Gasteiger partial charge is 0.0628 e. The van der Waals surface area contributed by atoms with Crippen LogP contribution in [0.2, 0.25) is 0 Å². The van der Waals surface area contributed by atoms with Crippen molar-refractivity contribution in [3.05, 3.63) is 0 Å². The molecule has 2 heterocycles. The highest BCUT2D eigenvalue weighted by Gasteiger charge is 2.46. The minimum atomic E-state index is -0.0349. The van der Waals surface area contributed by atoms with E-state index in [2.05, 4.69) is 22.0 Å². The molecule has 2 N–H and O–H groups in total. The summed E-state index contributed by atoms with van der Waals surface area (Å²) in [5.74, 6) is 0.693. The number of piperidine rings is 1. The van der Waals surface area contributed by atoms with Crippen molar-refractivity contribution in [2.45, 2.75) is 57.0 Å². The molecule has 2 atom stereocenters. The number of aliphatic hydroxyl groups is 1. The van der Waals surface area contributed by atoms with E-state index in [1.165, 1.54) is 58.3 Å². The zero-order valence-electron chi connectivity index (χ0n) is 13.7. The molecule has 1 saturated carbocycles. The molecule has 2 unspecified atom stereocenters. The van der Waals surface area contributed by atoms with Gasteiger partial charge in [-0.3, -0.25) is 9.80 Å². The van der Waals surface area contributed by atoms with Crippen molar-refractivity contribution in [1.82, 2.24) is 15.1 Å². The van der Waals surface area contributed by atoms with Crippen molar-refractivity contribution in [3.8, 4) is 0 Å². The molecule has 122 valence electrons. The van der Waals surface area contributed by atoms with Crippen LogP contribution in [0, 0.1) is 5.92 Å². The summed E-state index contributed by atoms with van der Waals surface area (Å²) in [6, 6.07) is 0.772. The summed E-state index contributed by atoms with van der Waals surface area (Å²) in [5, 5.41) is 13.8. The highest BCUT2D eigenvalue weighted by molar-refractivity contribution is 5.03. The highest BCUT2D eigenvalue weighted by atomic mass is 16.3. The van der Waals surface area contributed by atoms with Crippen LogP contribution in [-0.2, 0) is 0 Å². The first kappa shape index (κ1) is 15.7. The number of piperazine rings is 1. The monoisotopic (exact) mass is 295 g/mol. The molecular weight excluding hydrogens is 262 g/mol. The Morgan fingerprint density at radius 1 is 1.14 bits per heavy atom. The van der Waals surface area contributed by atoms with Gasteiger partial charge in [-0.2, -0.15) is 0 Å². The van der Waals surface area contributed by atoms with E-state index < -0.39 is 0 Å². The van der Waals surface area contributed by atoms with Crippen LogP contribution in [-0.4, -0.2) is 72.4 Å². The number of nitrogens with zero attached hydrogens (tertiary/aromatic N) is 2. The van der Waals surface area contributed by atoms with E-state index in [-0.39, 0.29) is 5.54 Å². The third-order valence-electron chi connectivity index (χ3n) is 5.80. The van der Waals surface area contributed by atoms with Gasteiger partial charge in [0.1, 0.15) is 0 Å². The lowest BCUT2D eigenvalue weighted by atomic mass is 9.91. The first-order valence-electron chi connectivity index (χ1n) is 9.10. The molecule has 4 nitrogen and oxygen atoms in total. The van der Waals surface area contributed by atoms with Crippen molar-refractivity contribution in [2.24, 2.45) is 5.92 Å². The van der Waals surface area contributed by atoms with Crippen molar-refractivity contribution in [1.29, 1.82) is 0 Å². The van der Waals surface area contributed by atoms with Gasteiger partial charge in [0, 0.05) is 32.2 Å². The quantitative estimate of drug-likeness (QED) is 0.742. The van der Waals surface area contributed by atoms with E-state index in [1.54, 1.807) is 0 Å². The maximum atomic E-state index is 10.1. The second-order valence-electron chi connectivity index (χ2n) is 7.44. The average Bonchev–Trinajstić information content (AvgIpc) is 3.36. The Morgan fingerprint density at radius 3 is 2.71 bits per heavy atom. The topological polar surface area (TPSA) is 38.7 Å². The minimum absolute atomic E-state index is 0.0349. The number of hydrogen-bond donors (Lipinski definition) is 2. The number of aliphatic hydroxyl groups excluding tert-OH is 1. The van der Waals surface area contributed by atoms with Crippen molar-refractivity contribution >= 4 is 0 Å². The molecule has 0 amide bonds. The largest absolute Gasteiger partial charge is 0.394 e. The summed E-state index contributed by atoms with van der Waals surface area (Å²) >= 11 is 0. The fraction of sp³-hybridized carbons (Fsp3) is 1.00. The first-order valence-corrected chi connectivity index (χ1v) is 9.10. The first-order chi connectivity index (χ1) is 10.3. The summed E-state index contributed by atoms with van der Waals surface area (Å²) in [6.45, 7) is 9.50. The molecule has 4 heteroatoms. The summed E-state index contributed by atoms with van der Waals surface area (Å²) in [5.41, 5.74) is -0.0349. The van der Waals surface area contributed by atoms with E-state index in [1.807, 2.05) is 0 Å². The van der Waals surface area contributed by atoms with Gasteiger partial charge < -0.3 is 10.4 Å². The lowest BCUT2D eigenvalue weighted by Crippen LogP contribution is -2.62. The molecule has 0 spiro atoms. The van der Waals surface area contributed by atoms with Gasteiger partial charge in [0.05, 0.1) is 12.1 Å². The van der Waals surface area contributed by atoms with Gasteiger partial charge in [0.2, 0.25) is 0 Å². The SMILES string of the molecule is CCCNC(CO)(CN1CCN2CCCCC2C1)C1CC1. The van der Waals surface area contributed by atoms with Gasteiger partial charge in [0.15, 0.2) is 0 Å². The molecule has 0 aromatic carbocycles. The summed E-state index contributed by atoms with van der Waals surface area (Å²) in [6.07, 6.45) is 7.88. The van der Waals surface area contributed by atoms with Gasteiger partial charge in [-0.05, 0) is 51.1 Å². The van der Waals surface area contributed by atoms with E-state index in [4.69, 9.17) is 0 Å². The molecule has 2 saturated heterocycles. The van der Waals surface area contributed by atoms with Gasteiger partial charge >= 0.3 is 0 Å². The Kier molecular flexibility index (Phi) is 5.20. The maximum Gasteiger partial charge on any atom is 0.0628 e. The molecule has 0 radical (unpaired) electrons. The number of fused-ring (bicyclic) bond motifs is 1. The standard InChI is InChI=1S/C17H33N3O/c1-2-8-18-17(14-21,15-6-7-15)13-19-10-11-20-9-4-3-5-16(20)12-19/h15-16,18,21H,2-14H2,1H3. The van der Waals surface area contributed by atoms with Crippen LogP contribution in [0.15, 0.2) is 0 Å². The van der Waals surface area contributed by atoms with Gasteiger partial charge in [-0.25, -0.2) is 0 Å². The van der Waals surface area contributed by atoms with Crippen molar-refractivity contribution < 1.29 is 5.11 Å². The lowest BCUT2D eigenvalue weighted by Gasteiger charge is -2.47. The lowest BCUT2D eigenvalue weighted by molar-refractivity contribution is 0.0179. The Hall–Kier alpha value is -0.160. The molecule has 3 rings (SSSR count). The predicted molar refractivity (Wildman–Crippen MR) is 86.5 cm³/mol. The molecular formula is C17H33N3O. The highest BCUT2D eigenvalue weighted by Crippen LogP contribution is 2.40. The summed E-state index contributed by atoms with van der Waals surface area (Å²) < 4.78 is 0. The van der Waals surface area contributed by atoms with Crippen molar-refractivity contribution in [2.75, 3.05) is 45.9 Å². The molecule has 3 fully saturated rings. The molecule has 1 aliphatic carbocycles. The van der Waals surface area contributed by atoms with Gasteiger partial charge in [0.25, 0.3) is 0 Å². The second kappa shape index (κ2) is 6.95. The van der Waals surface area contributed by atoms with E-state index in [9.17, 15) is 5.11 Å². The zero-order valence-corrected chi connectivity index (χ0v) is 13.7. The van der Waals surface area contributed by atoms with E-state index in [0.717, 1.165) is 25.6 Å². The Labute approximate surface area is 129 Å². The fourth-order valence-corrected chi connectivity index (χ4v) is 4.34. The normalized spacial score (nSPS) is 30.9. The average molecular weight is 295 g/mol. The minimum Gasteiger partial charge on any atom is -0.394 e. The third kappa shape index (κ3) is 3.61. The van der Waals surface area contributed by atoms with Crippen LogP contribution in [0.1, 0.15) is 45.4 Å². The molecule has 0 bridgehead atoms. The predicted octanol–water partition coefficient (Wildman–Crippen LogP) is 1.30. The number of rotatable bonds is 7. The zero-order chi connectivity index (χ0) is 14.7. The van der Waals surface area contributed by atoms with Crippen LogP contribution in [0.25, 0.3) is 0 Å². The van der Waals surface area contributed by atoms with Crippen LogP contribution in [0.5, 0.6) is 0 Å². The molecule has 0 aromatic heterocycles. The third-order valence-corrected chi connectivity index (χ3v) is 5.80. The maximum absolute atomic E-state index is 10.1. The second-order valence-corrected chi connectivity index (χ2v) is 7.44. The summed E-state index contributed by atoms with van der Waals surface area (Å²) in [7, 11) is 0. The molecule has 0 aromatic rings.